The zero-order valence-corrected chi connectivity index (χ0v) is 7.19. The lowest BCUT2D eigenvalue weighted by atomic mass is 10.3. The normalized spacial score (nSPS) is 9.64. The van der Waals surface area contributed by atoms with Crippen LogP contribution in [0.4, 0.5) is 5.82 Å². The fraction of sp³-hybridized carbons (Fsp3) is 0.125. The molecule has 0 fully saturated rings. The lowest BCUT2D eigenvalue weighted by Gasteiger charge is -1.99. The molecule has 6 heteroatoms. The third-order valence-corrected chi connectivity index (χ3v) is 1.69. The van der Waals surface area contributed by atoms with Gasteiger partial charge in [0.2, 0.25) is 0 Å². The van der Waals surface area contributed by atoms with Gasteiger partial charge >= 0.3 is 0 Å². The molecule has 0 unspecified atom stereocenters. The van der Waals surface area contributed by atoms with Gasteiger partial charge in [-0.25, -0.2) is 0 Å². The van der Waals surface area contributed by atoms with Gasteiger partial charge in [0.05, 0.1) is 18.9 Å². The molecule has 0 aliphatic heterocycles. The van der Waals surface area contributed by atoms with Crippen LogP contribution in [-0.2, 0) is 6.54 Å². The summed E-state index contributed by atoms with van der Waals surface area (Å²) in [5.74, 6) is 1.28. The molecule has 0 aliphatic carbocycles. The van der Waals surface area contributed by atoms with Gasteiger partial charge in [-0.05, 0) is 0 Å². The Bertz CT molecular complexity index is 438. The molecule has 0 radical (unpaired) electrons. The molecule has 2 N–H and O–H groups in total. The van der Waals surface area contributed by atoms with Crippen molar-refractivity contribution in [2.75, 3.05) is 5.32 Å². The summed E-state index contributed by atoms with van der Waals surface area (Å²) in [5.41, 5.74) is 0.476. The van der Waals surface area contributed by atoms with E-state index >= 15 is 0 Å². The zero-order chi connectivity index (χ0) is 9.80. The molecule has 0 spiro atoms. The van der Waals surface area contributed by atoms with E-state index in [1.807, 2.05) is 6.07 Å². The minimum atomic E-state index is 0.469. The molecule has 14 heavy (non-hydrogen) atoms. The Morgan fingerprint density at radius 3 is 3.29 bits per heavy atom. The molecule has 2 rings (SSSR count). The predicted molar refractivity (Wildman–Crippen MR) is 47.1 cm³/mol. The average Bonchev–Trinajstić information content (AvgIpc) is 2.85. The van der Waals surface area contributed by atoms with E-state index in [1.165, 1.54) is 6.20 Å². The highest BCUT2D eigenvalue weighted by Gasteiger charge is 2.04. The molecular weight excluding hydrogens is 182 g/mol. The van der Waals surface area contributed by atoms with E-state index in [0.29, 0.717) is 23.7 Å². The number of rotatable bonds is 3. The van der Waals surface area contributed by atoms with Crippen LogP contribution >= 0.6 is 0 Å². The summed E-state index contributed by atoms with van der Waals surface area (Å²) in [7, 11) is 0. The molecule has 0 aliphatic rings. The molecule has 0 saturated carbocycles. The van der Waals surface area contributed by atoms with E-state index in [9.17, 15) is 0 Å². The first kappa shape index (κ1) is 8.31. The van der Waals surface area contributed by atoms with E-state index in [1.54, 1.807) is 12.3 Å². The predicted octanol–water partition coefficient (Wildman–Crippen LogP) is 0.881. The molecule has 0 atom stereocenters. The van der Waals surface area contributed by atoms with Crippen molar-refractivity contribution in [3.63, 3.8) is 0 Å². The quantitative estimate of drug-likeness (QED) is 0.747. The van der Waals surface area contributed by atoms with Crippen LogP contribution in [0.3, 0.4) is 0 Å². The number of aromatic amines is 1. The Hall–Kier alpha value is -2.29. The van der Waals surface area contributed by atoms with Gasteiger partial charge in [-0.3, -0.25) is 5.10 Å². The third-order valence-electron chi connectivity index (χ3n) is 1.69. The van der Waals surface area contributed by atoms with Gasteiger partial charge in [0.15, 0.2) is 5.76 Å². The second-order valence-corrected chi connectivity index (χ2v) is 2.60. The first-order valence-corrected chi connectivity index (χ1v) is 3.97. The van der Waals surface area contributed by atoms with Crippen LogP contribution in [0.1, 0.15) is 11.3 Å². The molecule has 2 aromatic rings. The lowest BCUT2D eigenvalue weighted by Crippen LogP contribution is -1.99. The molecule has 0 bridgehead atoms. The van der Waals surface area contributed by atoms with Crippen molar-refractivity contribution in [2.45, 2.75) is 6.54 Å². The van der Waals surface area contributed by atoms with Gasteiger partial charge in [0.1, 0.15) is 17.5 Å². The Morgan fingerprint density at radius 2 is 2.57 bits per heavy atom. The van der Waals surface area contributed by atoms with E-state index in [0.717, 1.165) is 0 Å². The summed E-state index contributed by atoms with van der Waals surface area (Å²) in [4.78, 5) is 0. The van der Waals surface area contributed by atoms with E-state index in [4.69, 9.17) is 9.78 Å². The van der Waals surface area contributed by atoms with Gasteiger partial charge in [0.25, 0.3) is 0 Å². The van der Waals surface area contributed by atoms with Crippen LogP contribution < -0.4 is 5.32 Å². The topological polar surface area (TPSA) is 90.5 Å². The summed E-state index contributed by atoms with van der Waals surface area (Å²) < 4.78 is 4.88. The zero-order valence-electron chi connectivity index (χ0n) is 7.19. The number of nitrogens with zero attached hydrogens (tertiary/aromatic N) is 3. The highest BCUT2D eigenvalue weighted by atomic mass is 16.5. The average molecular weight is 189 g/mol. The molecule has 0 saturated heterocycles. The SMILES string of the molecule is N#Cc1cn[nH]c1NCc1ccno1. The largest absolute Gasteiger partial charge is 0.362 e. The highest BCUT2D eigenvalue weighted by molar-refractivity contribution is 5.50. The van der Waals surface area contributed by atoms with Crippen molar-refractivity contribution in [1.29, 1.82) is 5.26 Å². The van der Waals surface area contributed by atoms with Crippen molar-refractivity contribution < 1.29 is 4.52 Å². The Balaban J connectivity index is 2.02. The molecule has 2 heterocycles. The van der Waals surface area contributed by atoms with Crippen molar-refractivity contribution in [2.24, 2.45) is 0 Å². The molecule has 2 aromatic heterocycles. The van der Waals surface area contributed by atoms with Gasteiger partial charge in [-0.15, -0.1) is 0 Å². The van der Waals surface area contributed by atoms with Crippen molar-refractivity contribution in [3.05, 3.63) is 29.8 Å². The lowest BCUT2D eigenvalue weighted by molar-refractivity contribution is 0.388. The van der Waals surface area contributed by atoms with Crippen LogP contribution in [0.15, 0.2) is 23.0 Å². The summed E-state index contributed by atoms with van der Waals surface area (Å²) in [5, 5.41) is 21.6. The maximum Gasteiger partial charge on any atom is 0.155 e. The van der Waals surface area contributed by atoms with Crippen LogP contribution in [0.2, 0.25) is 0 Å². The molecule has 6 nitrogen and oxygen atoms in total. The maximum absolute atomic E-state index is 8.68. The van der Waals surface area contributed by atoms with E-state index in [-0.39, 0.29) is 0 Å². The third kappa shape index (κ3) is 1.56. The summed E-state index contributed by atoms with van der Waals surface area (Å²) in [6.45, 7) is 0.469. The molecule has 0 amide bonds. The van der Waals surface area contributed by atoms with E-state index < -0.39 is 0 Å². The molecule has 0 aromatic carbocycles. The molecular formula is C8H7N5O. The highest BCUT2D eigenvalue weighted by Crippen LogP contribution is 2.10. The smallest absolute Gasteiger partial charge is 0.155 e. The van der Waals surface area contributed by atoms with Crippen LogP contribution in [0, 0.1) is 11.3 Å². The van der Waals surface area contributed by atoms with Crippen LogP contribution in [-0.4, -0.2) is 15.4 Å². The monoisotopic (exact) mass is 189 g/mol. The van der Waals surface area contributed by atoms with Crippen molar-refractivity contribution in [3.8, 4) is 6.07 Å². The minimum Gasteiger partial charge on any atom is -0.362 e. The number of hydrogen-bond donors (Lipinski definition) is 2. The van der Waals surface area contributed by atoms with Gasteiger partial charge < -0.3 is 9.84 Å². The number of hydrogen-bond acceptors (Lipinski definition) is 5. The van der Waals surface area contributed by atoms with Crippen LogP contribution in [0.25, 0.3) is 0 Å². The number of H-pyrrole nitrogens is 1. The fourth-order valence-corrected chi connectivity index (χ4v) is 1.01. The Kier molecular flexibility index (Phi) is 2.15. The summed E-state index contributed by atoms with van der Waals surface area (Å²) >= 11 is 0. The van der Waals surface area contributed by atoms with Crippen molar-refractivity contribution >= 4 is 5.82 Å². The summed E-state index contributed by atoms with van der Waals surface area (Å²) in [6, 6.07) is 3.75. The second kappa shape index (κ2) is 3.62. The number of nitrogens with one attached hydrogen (secondary N) is 2. The Morgan fingerprint density at radius 1 is 1.64 bits per heavy atom. The number of nitriles is 1. The second-order valence-electron chi connectivity index (χ2n) is 2.60. The number of anilines is 1. The van der Waals surface area contributed by atoms with Crippen molar-refractivity contribution in [1.82, 2.24) is 15.4 Å². The summed E-state index contributed by atoms with van der Waals surface area (Å²) in [6.07, 6.45) is 3.03. The van der Waals surface area contributed by atoms with Gasteiger partial charge in [-0.1, -0.05) is 5.16 Å². The number of aromatic nitrogens is 3. The van der Waals surface area contributed by atoms with Crippen LogP contribution in [0.5, 0.6) is 0 Å². The van der Waals surface area contributed by atoms with Gasteiger partial charge in [-0.2, -0.15) is 10.4 Å². The standard InChI is InChI=1S/C8H7N5O/c9-3-6-4-11-13-8(6)10-5-7-1-2-12-14-7/h1-2,4H,5H2,(H2,10,11,13). The van der Waals surface area contributed by atoms with Gasteiger partial charge in [0, 0.05) is 6.07 Å². The Labute approximate surface area is 79.5 Å². The first-order valence-electron chi connectivity index (χ1n) is 3.97. The van der Waals surface area contributed by atoms with E-state index in [2.05, 4.69) is 20.7 Å². The molecule has 70 valence electrons. The maximum atomic E-state index is 8.68. The first-order chi connectivity index (χ1) is 6.90. The minimum absolute atomic E-state index is 0.469. The fourth-order valence-electron chi connectivity index (χ4n) is 1.01.